The molecule has 3 aromatic rings. The van der Waals surface area contributed by atoms with Crippen LogP contribution >= 0.6 is 27.3 Å². The van der Waals surface area contributed by atoms with Crippen molar-refractivity contribution < 1.29 is 4.92 Å². The van der Waals surface area contributed by atoms with E-state index in [1.54, 1.807) is 7.05 Å². The summed E-state index contributed by atoms with van der Waals surface area (Å²) in [6, 6.07) is 7.60. The molecular formula is C13H10BrN7O2S. The fourth-order valence-corrected chi connectivity index (χ4v) is 3.03. The normalized spacial score (nSPS) is 10.6. The molecule has 0 fully saturated rings. The lowest BCUT2D eigenvalue weighted by Gasteiger charge is -2.13. The Morgan fingerprint density at radius 1 is 1.25 bits per heavy atom. The van der Waals surface area contributed by atoms with E-state index in [4.69, 9.17) is 5.73 Å². The van der Waals surface area contributed by atoms with E-state index in [1.807, 2.05) is 24.3 Å². The molecule has 24 heavy (non-hydrogen) atoms. The summed E-state index contributed by atoms with van der Waals surface area (Å²) in [7, 11) is 1.61. The van der Waals surface area contributed by atoms with E-state index < -0.39 is 4.92 Å². The number of rotatable bonds is 4. The number of hydrogen-bond acceptors (Lipinski definition) is 9. The zero-order chi connectivity index (χ0) is 17.3. The second kappa shape index (κ2) is 6.45. The lowest BCUT2D eigenvalue weighted by atomic mass is 10.2. The van der Waals surface area contributed by atoms with Crippen molar-refractivity contribution in [3.05, 3.63) is 45.2 Å². The number of nitrogens with zero attached hydrogens (tertiary/aromatic N) is 6. The van der Waals surface area contributed by atoms with E-state index >= 15 is 0 Å². The Kier molecular flexibility index (Phi) is 4.36. The Labute approximate surface area is 148 Å². The van der Waals surface area contributed by atoms with Gasteiger partial charge < -0.3 is 5.73 Å². The van der Waals surface area contributed by atoms with Crippen LogP contribution in [0.25, 0.3) is 10.6 Å². The average Bonchev–Trinajstić information content (AvgIpc) is 3.04. The van der Waals surface area contributed by atoms with Crippen molar-refractivity contribution in [1.82, 2.24) is 20.2 Å². The molecular weight excluding hydrogens is 398 g/mol. The summed E-state index contributed by atoms with van der Waals surface area (Å²) in [6.45, 7) is 0. The first-order valence-electron chi connectivity index (χ1n) is 6.55. The maximum Gasteiger partial charge on any atom is 0.353 e. The molecule has 0 unspecified atom stereocenters. The molecule has 9 nitrogen and oxygen atoms in total. The molecule has 0 aliphatic carbocycles. The Morgan fingerprint density at radius 3 is 2.62 bits per heavy atom. The summed E-state index contributed by atoms with van der Waals surface area (Å²) in [6.07, 6.45) is 1.17. The van der Waals surface area contributed by atoms with Crippen LogP contribution in [0.2, 0.25) is 0 Å². The Hall–Kier alpha value is -2.66. The monoisotopic (exact) mass is 407 g/mol. The van der Waals surface area contributed by atoms with Crippen LogP contribution in [-0.4, -0.2) is 32.1 Å². The molecule has 0 saturated carbocycles. The average molecular weight is 408 g/mol. The lowest BCUT2D eigenvalue weighted by molar-refractivity contribution is -0.383. The van der Waals surface area contributed by atoms with Crippen molar-refractivity contribution >= 4 is 49.7 Å². The first-order valence-corrected chi connectivity index (χ1v) is 8.16. The predicted octanol–water partition coefficient (Wildman–Crippen LogP) is 3.02. The summed E-state index contributed by atoms with van der Waals surface area (Å²) in [5, 5.41) is 20.6. The molecule has 2 N–H and O–H groups in total. The molecule has 0 aliphatic rings. The molecule has 3 rings (SSSR count). The van der Waals surface area contributed by atoms with Crippen molar-refractivity contribution in [1.29, 1.82) is 0 Å². The van der Waals surface area contributed by atoms with Crippen molar-refractivity contribution in [2.45, 2.75) is 0 Å². The van der Waals surface area contributed by atoms with Gasteiger partial charge in [0, 0.05) is 17.1 Å². The highest BCUT2D eigenvalue weighted by Crippen LogP contribution is 2.36. The molecule has 0 aliphatic heterocycles. The van der Waals surface area contributed by atoms with Gasteiger partial charge in [0.15, 0.2) is 0 Å². The van der Waals surface area contributed by atoms with E-state index in [9.17, 15) is 10.1 Å². The van der Waals surface area contributed by atoms with E-state index in [2.05, 4.69) is 36.1 Å². The Morgan fingerprint density at radius 2 is 1.96 bits per heavy atom. The van der Waals surface area contributed by atoms with Crippen LogP contribution in [0.15, 0.2) is 35.1 Å². The topological polar surface area (TPSA) is 124 Å². The van der Waals surface area contributed by atoms with Gasteiger partial charge in [0.1, 0.15) is 11.3 Å². The smallest absolute Gasteiger partial charge is 0.353 e. The Bertz CT molecular complexity index is 900. The highest BCUT2D eigenvalue weighted by molar-refractivity contribution is 9.10. The highest BCUT2D eigenvalue weighted by atomic mass is 79.9. The number of nitro groups is 1. The molecule has 0 atom stereocenters. The van der Waals surface area contributed by atoms with Gasteiger partial charge in [0.05, 0.1) is 4.92 Å². The van der Waals surface area contributed by atoms with E-state index in [-0.39, 0.29) is 17.3 Å². The third-order valence-electron chi connectivity index (χ3n) is 3.12. The van der Waals surface area contributed by atoms with Gasteiger partial charge in [0.2, 0.25) is 16.8 Å². The molecule has 1 aromatic carbocycles. The standard InChI is InChI=1S/C13H10BrN7O2S/c1-20(11-9(21(22)23)10(15)16-6-17-11)13-19-18-12(24-13)7-2-4-8(14)5-3-7/h2-6H,1H3,(H2,15,16,17). The van der Waals surface area contributed by atoms with E-state index in [0.29, 0.717) is 10.1 Å². The molecule has 2 heterocycles. The summed E-state index contributed by atoms with van der Waals surface area (Å²) in [5.74, 6) is -0.138. The maximum atomic E-state index is 11.2. The zero-order valence-corrected chi connectivity index (χ0v) is 14.7. The van der Waals surface area contributed by atoms with Crippen LogP contribution < -0.4 is 10.6 Å². The zero-order valence-electron chi connectivity index (χ0n) is 12.3. The fourth-order valence-electron chi connectivity index (χ4n) is 1.95. The van der Waals surface area contributed by atoms with Gasteiger partial charge in [-0.1, -0.05) is 39.4 Å². The summed E-state index contributed by atoms with van der Waals surface area (Å²) < 4.78 is 0.959. The van der Waals surface area contributed by atoms with Gasteiger partial charge in [-0.3, -0.25) is 15.0 Å². The summed E-state index contributed by atoms with van der Waals surface area (Å²) in [4.78, 5) is 19.7. The van der Waals surface area contributed by atoms with Gasteiger partial charge in [-0.2, -0.15) is 0 Å². The fraction of sp³-hybridized carbons (Fsp3) is 0.0769. The van der Waals surface area contributed by atoms with Crippen LogP contribution in [0.5, 0.6) is 0 Å². The quantitative estimate of drug-likeness (QED) is 0.516. The molecule has 0 spiro atoms. The highest BCUT2D eigenvalue weighted by Gasteiger charge is 2.26. The molecule has 11 heteroatoms. The number of anilines is 3. The van der Waals surface area contributed by atoms with Gasteiger partial charge in [-0.15, -0.1) is 10.2 Å². The predicted molar refractivity (Wildman–Crippen MR) is 94.2 cm³/mol. The molecule has 2 aromatic heterocycles. The summed E-state index contributed by atoms with van der Waals surface area (Å²) in [5.41, 5.74) is 6.13. The van der Waals surface area contributed by atoms with Crippen molar-refractivity contribution in [3.63, 3.8) is 0 Å². The molecule has 0 saturated heterocycles. The number of hydrogen-bond donors (Lipinski definition) is 1. The van der Waals surface area contributed by atoms with Crippen LogP contribution in [0.4, 0.5) is 22.5 Å². The van der Waals surface area contributed by atoms with Gasteiger partial charge in [-0.25, -0.2) is 9.97 Å². The maximum absolute atomic E-state index is 11.2. The Balaban J connectivity index is 1.98. The number of aromatic nitrogens is 4. The van der Waals surface area contributed by atoms with Crippen molar-refractivity contribution in [2.75, 3.05) is 17.7 Å². The number of halogens is 1. The minimum absolute atomic E-state index is 0.0611. The van der Waals surface area contributed by atoms with Crippen molar-refractivity contribution in [2.24, 2.45) is 0 Å². The van der Waals surface area contributed by atoms with Crippen LogP contribution in [0, 0.1) is 10.1 Å². The second-order valence-corrected chi connectivity index (χ2v) is 6.52. The molecule has 0 bridgehead atoms. The van der Waals surface area contributed by atoms with E-state index in [1.165, 1.54) is 22.6 Å². The number of benzene rings is 1. The van der Waals surface area contributed by atoms with Gasteiger partial charge >= 0.3 is 5.69 Å². The number of nitrogen functional groups attached to an aromatic ring is 1. The molecule has 0 radical (unpaired) electrons. The third kappa shape index (κ3) is 3.03. The van der Waals surface area contributed by atoms with Crippen LogP contribution in [0.3, 0.4) is 0 Å². The lowest BCUT2D eigenvalue weighted by Crippen LogP contribution is -2.14. The SMILES string of the molecule is CN(c1nnc(-c2ccc(Br)cc2)s1)c1ncnc(N)c1[N+](=O)[O-]. The molecule has 122 valence electrons. The minimum atomic E-state index is -0.613. The van der Waals surface area contributed by atoms with Crippen LogP contribution in [-0.2, 0) is 0 Å². The largest absolute Gasteiger partial charge is 0.378 e. The third-order valence-corrected chi connectivity index (χ3v) is 4.70. The van der Waals surface area contributed by atoms with Gasteiger partial charge in [0.25, 0.3) is 0 Å². The summed E-state index contributed by atoms with van der Waals surface area (Å²) >= 11 is 4.66. The van der Waals surface area contributed by atoms with E-state index in [0.717, 1.165) is 10.0 Å². The first-order chi connectivity index (χ1) is 11.5. The first kappa shape index (κ1) is 16.2. The van der Waals surface area contributed by atoms with Gasteiger partial charge in [-0.05, 0) is 12.1 Å². The molecule has 0 amide bonds. The van der Waals surface area contributed by atoms with Crippen molar-refractivity contribution in [3.8, 4) is 10.6 Å². The second-order valence-electron chi connectivity index (χ2n) is 4.64. The minimum Gasteiger partial charge on any atom is -0.378 e. The van der Waals surface area contributed by atoms with Crippen LogP contribution in [0.1, 0.15) is 0 Å². The number of nitrogens with two attached hydrogens (primary N) is 1.